The number of hydrogen-bond donors (Lipinski definition) is 1. The van der Waals surface area contributed by atoms with Gasteiger partial charge in [0, 0.05) is 6.54 Å². The summed E-state index contributed by atoms with van der Waals surface area (Å²) in [6, 6.07) is 1.99. The number of nitrogens with two attached hydrogens (primary N) is 1. The molecule has 3 rings (SSSR count). The predicted octanol–water partition coefficient (Wildman–Crippen LogP) is 0.382. The summed E-state index contributed by atoms with van der Waals surface area (Å²) in [5.74, 6) is 0.408. The number of anilines is 1. The van der Waals surface area contributed by atoms with E-state index in [-0.39, 0.29) is 0 Å². The van der Waals surface area contributed by atoms with E-state index in [4.69, 9.17) is 10.5 Å². The molecule has 1 saturated heterocycles. The van der Waals surface area contributed by atoms with Crippen molar-refractivity contribution in [1.29, 1.82) is 0 Å². The highest BCUT2D eigenvalue weighted by Crippen LogP contribution is 2.27. The smallest absolute Gasteiger partial charge is 0.248 e. The van der Waals surface area contributed by atoms with E-state index in [2.05, 4.69) is 9.97 Å². The van der Waals surface area contributed by atoms with E-state index in [1.807, 2.05) is 16.3 Å². The molecule has 1 atom stereocenters. The fraction of sp³-hybridized carbons (Fsp3) is 0.364. The third kappa shape index (κ3) is 1.91. The highest BCUT2D eigenvalue weighted by atomic mass is 32.1. The van der Waals surface area contributed by atoms with Crippen molar-refractivity contribution in [3.8, 4) is 0 Å². The quantitative estimate of drug-likeness (QED) is 0.848. The first-order valence-corrected chi connectivity index (χ1v) is 6.48. The van der Waals surface area contributed by atoms with Crippen LogP contribution in [0.1, 0.15) is 0 Å². The molecule has 0 saturated carbocycles. The monoisotopic (exact) mass is 264 g/mol. The Balaban J connectivity index is 1.94. The Morgan fingerprint density at radius 2 is 2.44 bits per heavy atom. The largest absolute Gasteiger partial charge is 0.367 e. The second-order valence-corrected chi connectivity index (χ2v) is 4.94. The molecule has 3 heterocycles. The number of nitrogens with zero attached hydrogens (tertiary/aromatic N) is 3. The van der Waals surface area contributed by atoms with Gasteiger partial charge in [-0.25, -0.2) is 9.97 Å². The summed E-state index contributed by atoms with van der Waals surface area (Å²) in [5.41, 5.74) is 5.28. The molecule has 6 nitrogen and oxygen atoms in total. The maximum Gasteiger partial charge on any atom is 0.248 e. The van der Waals surface area contributed by atoms with Gasteiger partial charge in [-0.3, -0.25) is 4.79 Å². The van der Waals surface area contributed by atoms with Crippen molar-refractivity contribution in [2.75, 3.05) is 24.6 Å². The fourth-order valence-electron chi connectivity index (χ4n) is 2.04. The van der Waals surface area contributed by atoms with Gasteiger partial charge in [0.1, 0.15) is 17.0 Å². The van der Waals surface area contributed by atoms with E-state index in [1.165, 1.54) is 0 Å². The van der Waals surface area contributed by atoms with Gasteiger partial charge in [-0.05, 0) is 11.4 Å². The highest BCUT2D eigenvalue weighted by molar-refractivity contribution is 7.16. The summed E-state index contributed by atoms with van der Waals surface area (Å²) in [6.07, 6.45) is 0.977. The van der Waals surface area contributed by atoms with E-state index in [9.17, 15) is 4.79 Å². The standard InChI is InChI=1S/C11H12N4O2S/c12-9(16)8-5-15(2-3-17-8)10-7-1-4-18-11(7)14-6-13-10/h1,4,6,8H,2-3,5H2,(H2,12,16). The van der Waals surface area contributed by atoms with E-state index >= 15 is 0 Å². The second-order valence-electron chi connectivity index (χ2n) is 4.04. The fourth-order valence-corrected chi connectivity index (χ4v) is 2.77. The third-order valence-electron chi connectivity index (χ3n) is 2.92. The molecule has 0 radical (unpaired) electrons. The molecular weight excluding hydrogens is 252 g/mol. The van der Waals surface area contributed by atoms with Gasteiger partial charge in [0.15, 0.2) is 6.10 Å². The van der Waals surface area contributed by atoms with Crippen LogP contribution < -0.4 is 10.6 Å². The molecule has 2 N–H and O–H groups in total. The van der Waals surface area contributed by atoms with Crippen LogP contribution in [0.15, 0.2) is 17.8 Å². The predicted molar refractivity (Wildman–Crippen MR) is 68.6 cm³/mol. The number of hydrogen-bond acceptors (Lipinski definition) is 6. The molecule has 1 aliphatic heterocycles. The zero-order valence-corrected chi connectivity index (χ0v) is 10.4. The van der Waals surface area contributed by atoms with Gasteiger partial charge in [-0.1, -0.05) is 0 Å². The average molecular weight is 264 g/mol. The lowest BCUT2D eigenvalue weighted by atomic mass is 10.2. The molecule has 2 aromatic heterocycles. The summed E-state index contributed by atoms with van der Waals surface area (Å²) >= 11 is 1.57. The Bertz CT molecular complexity index is 585. The third-order valence-corrected chi connectivity index (χ3v) is 3.74. The van der Waals surface area contributed by atoms with Gasteiger partial charge in [0.2, 0.25) is 5.91 Å². The van der Waals surface area contributed by atoms with Crippen molar-refractivity contribution in [2.24, 2.45) is 5.73 Å². The van der Waals surface area contributed by atoms with E-state index in [0.29, 0.717) is 19.7 Å². The molecule has 18 heavy (non-hydrogen) atoms. The second kappa shape index (κ2) is 4.51. The number of primary amides is 1. The lowest BCUT2D eigenvalue weighted by Crippen LogP contribution is -2.48. The lowest BCUT2D eigenvalue weighted by molar-refractivity contribution is -0.130. The summed E-state index contributed by atoms with van der Waals surface area (Å²) < 4.78 is 5.33. The van der Waals surface area contributed by atoms with E-state index < -0.39 is 12.0 Å². The molecule has 1 amide bonds. The molecule has 0 aliphatic carbocycles. The number of aromatic nitrogens is 2. The van der Waals surface area contributed by atoms with Crippen LogP contribution in [0.3, 0.4) is 0 Å². The van der Waals surface area contributed by atoms with Crippen LogP contribution in [-0.2, 0) is 9.53 Å². The topological polar surface area (TPSA) is 81.3 Å². The van der Waals surface area contributed by atoms with Gasteiger partial charge >= 0.3 is 0 Å². The summed E-state index contributed by atoms with van der Waals surface area (Å²) in [4.78, 5) is 22.7. The van der Waals surface area contributed by atoms with Gasteiger partial charge in [-0.15, -0.1) is 11.3 Å². The minimum atomic E-state index is -0.567. The number of carbonyl (C=O) groups is 1. The Kier molecular flexibility index (Phi) is 2.85. The minimum absolute atomic E-state index is 0.435. The summed E-state index contributed by atoms with van der Waals surface area (Å²) in [7, 11) is 0. The van der Waals surface area contributed by atoms with E-state index in [1.54, 1.807) is 17.7 Å². The normalized spacial score (nSPS) is 20.2. The Morgan fingerprint density at radius 1 is 1.56 bits per heavy atom. The van der Waals surface area contributed by atoms with Crippen molar-refractivity contribution >= 4 is 33.3 Å². The number of rotatable bonds is 2. The molecular formula is C11H12N4O2S. The Labute approximate surface area is 107 Å². The molecule has 0 spiro atoms. The van der Waals surface area contributed by atoms with Crippen LogP contribution in [0.4, 0.5) is 5.82 Å². The SMILES string of the molecule is NC(=O)C1CN(c2ncnc3sccc23)CCO1. The van der Waals surface area contributed by atoms with Gasteiger partial charge < -0.3 is 15.4 Å². The minimum Gasteiger partial charge on any atom is -0.367 e. The van der Waals surface area contributed by atoms with Crippen molar-refractivity contribution in [2.45, 2.75) is 6.10 Å². The molecule has 7 heteroatoms. The number of morpholine rings is 1. The van der Waals surface area contributed by atoms with Crippen molar-refractivity contribution < 1.29 is 9.53 Å². The van der Waals surface area contributed by atoms with E-state index in [0.717, 1.165) is 16.0 Å². The molecule has 0 bridgehead atoms. The number of ether oxygens (including phenoxy) is 1. The maximum atomic E-state index is 11.2. The van der Waals surface area contributed by atoms with Crippen LogP contribution >= 0.6 is 11.3 Å². The van der Waals surface area contributed by atoms with Gasteiger partial charge in [0.25, 0.3) is 0 Å². The van der Waals surface area contributed by atoms with Crippen LogP contribution in [-0.4, -0.2) is 41.7 Å². The molecule has 1 fully saturated rings. The van der Waals surface area contributed by atoms with Gasteiger partial charge in [-0.2, -0.15) is 0 Å². The van der Waals surface area contributed by atoms with Crippen molar-refractivity contribution in [3.63, 3.8) is 0 Å². The summed E-state index contributed by atoms with van der Waals surface area (Å²) in [6.45, 7) is 1.62. The average Bonchev–Trinajstić information content (AvgIpc) is 2.87. The number of amides is 1. The van der Waals surface area contributed by atoms with Crippen LogP contribution in [0.2, 0.25) is 0 Å². The number of thiophene rings is 1. The molecule has 1 aliphatic rings. The molecule has 0 aromatic carbocycles. The first-order chi connectivity index (χ1) is 8.75. The Hall–Kier alpha value is -1.73. The van der Waals surface area contributed by atoms with Gasteiger partial charge in [0.05, 0.1) is 18.5 Å². The van der Waals surface area contributed by atoms with Crippen molar-refractivity contribution in [3.05, 3.63) is 17.8 Å². The zero-order valence-electron chi connectivity index (χ0n) is 9.57. The van der Waals surface area contributed by atoms with Crippen LogP contribution in [0.25, 0.3) is 10.2 Å². The van der Waals surface area contributed by atoms with Crippen molar-refractivity contribution in [1.82, 2.24) is 9.97 Å². The lowest BCUT2D eigenvalue weighted by Gasteiger charge is -2.32. The maximum absolute atomic E-state index is 11.2. The zero-order chi connectivity index (χ0) is 12.5. The first kappa shape index (κ1) is 11.4. The van der Waals surface area contributed by atoms with Crippen LogP contribution in [0, 0.1) is 0 Å². The Morgan fingerprint density at radius 3 is 3.28 bits per heavy atom. The number of fused-ring (bicyclic) bond motifs is 1. The van der Waals surface area contributed by atoms with Crippen LogP contribution in [0.5, 0.6) is 0 Å². The molecule has 94 valence electrons. The first-order valence-electron chi connectivity index (χ1n) is 5.60. The highest BCUT2D eigenvalue weighted by Gasteiger charge is 2.26. The molecule has 2 aromatic rings. The molecule has 1 unspecified atom stereocenters. The number of carbonyl (C=O) groups excluding carboxylic acids is 1. The summed E-state index contributed by atoms with van der Waals surface area (Å²) in [5, 5.41) is 2.99.